The molecule has 1 aromatic carbocycles. The van der Waals surface area contributed by atoms with Gasteiger partial charge in [-0.15, -0.1) is 0 Å². The molecule has 2 aromatic rings. The number of piperazine rings is 1. The van der Waals surface area contributed by atoms with Gasteiger partial charge in [-0.05, 0) is 34.5 Å². The first-order chi connectivity index (χ1) is 15.0. The number of halogens is 1. The molecule has 4 rings (SSSR count). The van der Waals surface area contributed by atoms with Crippen LogP contribution in [0.5, 0.6) is 0 Å². The number of rotatable bonds is 5. The molecule has 2 aliphatic rings. The van der Waals surface area contributed by atoms with E-state index in [0.717, 1.165) is 52.6 Å². The van der Waals surface area contributed by atoms with Gasteiger partial charge >= 0.3 is 0 Å². The van der Waals surface area contributed by atoms with Crippen LogP contribution in [0.4, 0.5) is 17.2 Å². The summed E-state index contributed by atoms with van der Waals surface area (Å²) in [5.74, 6) is 1.33. The molecular formula is C23H27IN6O. The summed E-state index contributed by atoms with van der Waals surface area (Å²) >= 11 is -0.426. The number of benzene rings is 1. The van der Waals surface area contributed by atoms with Crippen molar-refractivity contribution >= 4 is 54.1 Å². The second kappa shape index (κ2) is 9.67. The zero-order valence-corrected chi connectivity index (χ0v) is 20.2. The first-order valence-corrected chi connectivity index (χ1v) is 12.8. The third-order valence-electron chi connectivity index (χ3n) is 5.44. The Labute approximate surface area is 193 Å². The van der Waals surface area contributed by atoms with Crippen LogP contribution in [0.1, 0.15) is 31.0 Å². The quantitative estimate of drug-likeness (QED) is 0.595. The second-order valence-electron chi connectivity index (χ2n) is 7.84. The third kappa shape index (κ3) is 5.00. The Morgan fingerprint density at radius 3 is 2.52 bits per heavy atom. The summed E-state index contributed by atoms with van der Waals surface area (Å²) in [6.07, 6.45) is 6.94. The highest BCUT2D eigenvalue weighted by molar-refractivity contribution is 14.2. The summed E-state index contributed by atoms with van der Waals surface area (Å²) in [7, 11) is 0. The van der Waals surface area contributed by atoms with Crippen LogP contribution in [0.2, 0.25) is 0 Å². The van der Waals surface area contributed by atoms with Gasteiger partial charge in [0.25, 0.3) is 5.91 Å². The van der Waals surface area contributed by atoms with E-state index >= 15 is 0 Å². The van der Waals surface area contributed by atoms with Gasteiger partial charge in [0.05, 0.1) is 20.6 Å². The first kappa shape index (κ1) is 21.6. The Hall–Kier alpha value is -2.62. The number of aliphatic imine (C=N–C) groups is 1. The molecule has 1 fully saturated rings. The maximum absolute atomic E-state index is 12.8. The summed E-state index contributed by atoms with van der Waals surface area (Å²) in [5, 5.41) is 3.14. The zero-order valence-electron chi connectivity index (χ0n) is 18.0. The number of nitrogens with one attached hydrogen (secondary N) is 1. The van der Waals surface area contributed by atoms with Gasteiger partial charge in [-0.2, -0.15) is 0 Å². The van der Waals surface area contributed by atoms with Crippen LogP contribution in [0.3, 0.4) is 0 Å². The van der Waals surface area contributed by atoms with Gasteiger partial charge in [0, 0.05) is 51.0 Å². The average molecular weight is 530 g/mol. The number of aromatic nitrogens is 2. The normalized spacial score (nSPS) is 16.2. The molecule has 1 N–H and O–H groups in total. The van der Waals surface area contributed by atoms with E-state index in [1.54, 1.807) is 24.8 Å². The fourth-order valence-corrected chi connectivity index (χ4v) is 5.17. The third-order valence-corrected chi connectivity index (χ3v) is 7.56. The minimum absolute atomic E-state index is 0.0479. The van der Waals surface area contributed by atoms with Gasteiger partial charge in [0.15, 0.2) is 0 Å². The maximum atomic E-state index is 12.8. The highest BCUT2D eigenvalue weighted by Crippen LogP contribution is 2.32. The van der Waals surface area contributed by atoms with Crippen LogP contribution in [0.15, 0.2) is 45.4 Å². The minimum atomic E-state index is -0.426. The number of carbonyl (C=O) groups is 1. The number of nitrogens with zero attached hydrogens (tertiary/aromatic N) is 5. The van der Waals surface area contributed by atoms with Crippen molar-refractivity contribution in [1.82, 2.24) is 9.97 Å². The molecule has 0 spiro atoms. The number of amides is 1. The number of anilines is 3. The predicted molar refractivity (Wildman–Crippen MR) is 137 cm³/mol. The largest absolute Gasteiger partial charge is 0.366 e. The molecule has 2 aliphatic heterocycles. The standard InChI is InChI=1S/C23H27IN6O/c1-16(2)18-4-5-20(28-23(31)19-15-25-7-6-24-19)21(14-18)29-10-12-30(13-11-29)22-17(3)26-8-9-27-22/h4-9,14-16H,10-13H2,1-3H3,(H,28,31). The molecule has 0 aliphatic carbocycles. The van der Waals surface area contributed by atoms with Crippen LogP contribution >= 0.6 is 20.7 Å². The molecule has 0 atom stereocenters. The number of aryl methyl sites for hydroxylation is 1. The van der Waals surface area contributed by atoms with Crippen LogP contribution in [0.25, 0.3) is 0 Å². The Balaban J connectivity index is 1.55. The molecule has 0 saturated carbocycles. The van der Waals surface area contributed by atoms with Crippen LogP contribution in [0, 0.1) is 6.92 Å². The zero-order chi connectivity index (χ0) is 21.8. The molecule has 7 nitrogen and oxygen atoms in total. The second-order valence-corrected chi connectivity index (χ2v) is 10.3. The summed E-state index contributed by atoms with van der Waals surface area (Å²) in [6, 6.07) is 6.37. The van der Waals surface area contributed by atoms with Crippen molar-refractivity contribution in [3.63, 3.8) is 0 Å². The highest BCUT2D eigenvalue weighted by Gasteiger charge is 2.23. The lowest BCUT2D eigenvalue weighted by molar-refractivity contribution is -0.112. The van der Waals surface area contributed by atoms with E-state index < -0.39 is 20.7 Å². The molecule has 0 bridgehead atoms. The minimum Gasteiger partial charge on any atom is -0.366 e. The number of hydrogen-bond acceptors (Lipinski definition) is 6. The fraction of sp³-hybridized carbons (Fsp3) is 0.348. The lowest BCUT2D eigenvalue weighted by Gasteiger charge is -2.38. The summed E-state index contributed by atoms with van der Waals surface area (Å²) in [6.45, 7) is 9.81. The molecule has 162 valence electrons. The molecule has 0 unspecified atom stereocenters. The molecule has 1 aromatic heterocycles. The summed E-state index contributed by atoms with van der Waals surface area (Å²) < 4.78 is 2.78. The molecule has 31 heavy (non-hydrogen) atoms. The van der Waals surface area contributed by atoms with Crippen molar-refractivity contribution in [1.29, 1.82) is 0 Å². The van der Waals surface area contributed by atoms with Gasteiger partial charge in [-0.3, -0.25) is 14.8 Å². The smallest absolute Gasteiger partial charge is 0.263 e. The van der Waals surface area contributed by atoms with E-state index in [2.05, 4.69) is 56.1 Å². The summed E-state index contributed by atoms with van der Waals surface area (Å²) in [5.41, 5.74) is 4.16. The summed E-state index contributed by atoms with van der Waals surface area (Å²) in [4.78, 5) is 30.5. The van der Waals surface area contributed by atoms with E-state index in [4.69, 9.17) is 0 Å². The Morgan fingerprint density at radius 2 is 1.84 bits per heavy atom. The van der Waals surface area contributed by atoms with Crippen molar-refractivity contribution in [2.45, 2.75) is 26.7 Å². The molecule has 1 amide bonds. The van der Waals surface area contributed by atoms with Crippen LogP contribution in [-0.4, -0.2) is 52.3 Å². The van der Waals surface area contributed by atoms with Gasteiger partial charge in [-0.1, -0.05) is 40.6 Å². The highest BCUT2D eigenvalue weighted by atomic mass is 127. The molecule has 3 heterocycles. The van der Waals surface area contributed by atoms with Crippen molar-refractivity contribution in [2.75, 3.05) is 41.3 Å². The fourth-order valence-electron chi connectivity index (χ4n) is 3.70. The van der Waals surface area contributed by atoms with Crippen molar-refractivity contribution < 1.29 is 4.79 Å². The van der Waals surface area contributed by atoms with Crippen molar-refractivity contribution in [3.8, 4) is 0 Å². The average Bonchev–Trinajstić information content (AvgIpc) is 2.80. The van der Waals surface area contributed by atoms with Gasteiger partial charge < -0.3 is 15.1 Å². The Morgan fingerprint density at radius 1 is 1.10 bits per heavy atom. The van der Waals surface area contributed by atoms with E-state index in [1.165, 1.54) is 5.56 Å². The Kier molecular flexibility index (Phi) is 6.74. The van der Waals surface area contributed by atoms with Crippen molar-refractivity contribution in [2.24, 2.45) is 4.99 Å². The molecule has 8 heteroatoms. The lowest BCUT2D eigenvalue weighted by atomic mass is 10.0. The van der Waals surface area contributed by atoms with Crippen LogP contribution in [-0.2, 0) is 4.79 Å². The van der Waals surface area contributed by atoms with Crippen LogP contribution < -0.4 is 15.1 Å². The first-order valence-electron chi connectivity index (χ1n) is 10.4. The maximum Gasteiger partial charge on any atom is 0.263 e. The van der Waals surface area contributed by atoms with E-state index in [9.17, 15) is 4.79 Å². The molecule has 0 radical (unpaired) electrons. The monoisotopic (exact) mass is 530 g/mol. The van der Waals surface area contributed by atoms with Gasteiger partial charge in [0.1, 0.15) is 5.82 Å². The van der Waals surface area contributed by atoms with Crippen molar-refractivity contribution in [3.05, 3.63) is 51.6 Å². The topological polar surface area (TPSA) is 73.7 Å². The number of carbonyl (C=O) groups excluding carboxylic acids is 1. The van der Waals surface area contributed by atoms with E-state index in [1.807, 2.05) is 17.0 Å². The van der Waals surface area contributed by atoms with E-state index in [-0.39, 0.29) is 5.91 Å². The lowest BCUT2D eigenvalue weighted by Crippen LogP contribution is -2.47. The molecule has 1 saturated heterocycles. The van der Waals surface area contributed by atoms with Gasteiger partial charge in [-0.25, -0.2) is 4.98 Å². The van der Waals surface area contributed by atoms with E-state index in [0.29, 0.717) is 5.92 Å². The predicted octanol–water partition coefficient (Wildman–Crippen LogP) is 3.87. The van der Waals surface area contributed by atoms with Gasteiger partial charge in [0.2, 0.25) is 0 Å². The number of hydrogen-bond donors (Lipinski definition) is 1. The molecular weight excluding hydrogens is 503 g/mol. The SMILES string of the molecule is Cc1nccnc1N1CCN(c2cc(C(C)C)ccc2NC(=O)C2=CN=CC=I2)CC1. The Bertz CT molecular complexity index is 1050.